The highest BCUT2D eigenvalue weighted by molar-refractivity contribution is 7.98. The zero-order valence-electron chi connectivity index (χ0n) is 9.68. The Hall–Kier alpha value is -1.00. The lowest BCUT2D eigenvalue weighted by Crippen LogP contribution is -2.11. The van der Waals surface area contributed by atoms with E-state index in [0.717, 1.165) is 23.2 Å². The number of nitrogens with two attached hydrogens (primary N) is 1. The van der Waals surface area contributed by atoms with E-state index in [0.29, 0.717) is 0 Å². The third-order valence-corrected chi connectivity index (χ3v) is 3.45. The Morgan fingerprint density at radius 3 is 3.06 bits per heavy atom. The summed E-state index contributed by atoms with van der Waals surface area (Å²) in [5, 5.41) is 0. The number of thioether (sulfide) groups is 1. The van der Waals surface area contributed by atoms with Gasteiger partial charge in [-0.05, 0) is 36.1 Å². The minimum Gasteiger partial charge on any atom is -0.334 e. The molecule has 2 rings (SSSR count). The molecule has 0 aliphatic rings. The average molecular weight is 235 g/mol. The molecule has 86 valence electrons. The summed E-state index contributed by atoms with van der Waals surface area (Å²) < 4.78 is 2.02. The van der Waals surface area contributed by atoms with Crippen LogP contribution in [0.3, 0.4) is 0 Å². The lowest BCUT2D eigenvalue weighted by molar-refractivity contribution is 0.706. The van der Waals surface area contributed by atoms with E-state index in [1.165, 1.54) is 5.56 Å². The number of benzene rings is 1. The number of nitrogens with zero attached hydrogens (tertiary/aromatic N) is 2. The fourth-order valence-corrected chi connectivity index (χ4v) is 2.28. The maximum Gasteiger partial charge on any atom is 0.0955 e. The lowest BCUT2D eigenvalue weighted by Gasteiger charge is -2.11. The standard InChI is InChI=1S/C12H17N3S/c1-15-8-14-11-7-9(3-4-12(11)15)10(13)5-6-16-2/h3-4,7-8,10H,5-6,13H2,1-2H3. The zero-order valence-corrected chi connectivity index (χ0v) is 10.5. The number of hydrogen-bond donors (Lipinski definition) is 1. The molecular formula is C12H17N3S. The van der Waals surface area contributed by atoms with Crippen molar-refractivity contribution in [3.63, 3.8) is 0 Å². The predicted octanol–water partition coefficient (Wildman–Crippen LogP) is 2.33. The summed E-state index contributed by atoms with van der Waals surface area (Å²) in [4.78, 5) is 4.34. The van der Waals surface area contributed by atoms with Gasteiger partial charge < -0.3 is 10.3 Å². The average Bonchev–Trinajstić information content (AvgIpc) is 2.67. The highest BCUT2D eigenvalue weighted by atomic mass is 32.2. The first-order chi connectivity index (χ1) is 7.72. The van der Waals surface area contributed by atoms with E-state index in [2.05, 4.69) is 29.4 Å². The Bertz CT molecular complexity index is 478. The van der Waals surface area contributed by atoms with Crippen LogP contribution in [0.5, 0.6) is 0 Å². The van der Waals surface area contributed by atoms with E-state index < -0.39 is 0 Å². The Balaban J connectivity index is 2.25. The second-order valence-corrected chi connectivity index (χ2v) is 4.98. The third-order valence-electron chi connectivity index (χ3n) is 2.81. The van der Waals surface area contributed by atoms with Crippen molar-refractivity contribution in [3.05, 3.63) is 30.1 Å². The summed E-state index contributed by atoms with van der Waals surface area (Å²) in [6.07, 6.45) is 4.95. The van der Waals surface area contributed by atoms with Crippen LogP contribution >= 0.6 is 11.8 Å². The van der Waals surface area contributed by atoms with E-state index in [-0.39, 0.29) is 6.04 Å². The van der Waals surface area contributed by atoms with Crippen LogP contribution in [0.2, 0.25) is 0 Å². The second kappa shape index (κ2) is 4.89. The van der Waals surface area contributed by atoms with Gasteiger partial charge in [-0.3, -0.25) is 0 Å². The van der Waals surface area contributed by atoms with Crippen LogP contribution in [-0.2, 0) is 7.05 Å². The maximum atomic E-state index is 6.13. The van der Waals surface area contributed by atoms with Crippen LogP contribution in [0.1, 0.15) is 18.0 Å². The minimum atomic E-state index is 0.124. The molecule has 16 heavy (non-hydrogen) atoms. The summed E-state index contributed by atoms with van der Waals surface area (Å²) in [6, 6.07) is 6.42. The van der Waals surface area contributed by atoms with E-state index in [4.69, 9.17) is 5.73 Å². The molecule has 0 bridgehead atoms. The first-order valence-corrected chi connectivity index (χ1v) is 6.77. The number of fused-ring (bicyclic) bond motifs is 1. The lowest BCUT2D eigenvalue weighted by atomic mass is 10.1. The van der Waals surface area contributed by atoms with Gasteiger partial charge in [0.2, 0.25) is 0 Å². The van der Waals surface area contributed by atoms with Gasteiger partial charge in [0.05, 0.1) is 17.4 Å². The van der Waals surface area contributed by atoms with Gasteiger partial charge in [0.15, 0.2) is 0 Å². The van der Waals surface area contributed by atoms with Crippen molar-refractivity contribution in [2.75, 3.05) is 12.0 Å². The summed E-state index contributed by atoms with van der Waals surface area (Å²) in [5.41, 5.74) is 9.49. The van der Waals surface area contributed by atoms with Gasteiger partial charge in [0, 0.05) is 13.1 Å². The molecule has 0 spiro atoms. The summed E-state index contributed by atoms with van der Waals surface area (Å²) in [6.45, 7) is 0. The van der Waals surface area contributed by atoms with Crippen LogP contribution in [0.4, 0.5) is 0 Å². The monoisotopic (exact) mass is 235 g/mol. The fourth-order valence-electron chi connectivity index (χ4n) is 1.80. The van der Waals surface area contributed by atoms with Crippen molar-refractivity contribution >= 4 is 22.8 Å². The normalized spacial score (nSPS) is 13.2. The Kier molecular flexibility index (Phi) is 3.51. The smallest absolute Gasteiger partial charge is 0.0955 e. The van der Waals surface area contributed by atoms with Gasteiger partial charge >= 0.3 is 0 Å². The van der Waals surface area contributed by atoms with Gasteiger partial charge in [-0.1, -0.05) is 6.07 Å². The largest absolute Gasteiger partial charge is 0.334 e. The molecule has 1 atom stereocenters. The van der Waals surface area contributed by atoms with Crippen molar-refractivity contribution in [3.8, 4) is 0 Å². The first kappa shape index (κ1) is 11.5. The summed E-state index contributed by atoms with van der Waals surface area (Å²) >= 11 is 1.83. The van der Waals surface area contributed by atoms with Gasteiger partial charge in [0.1, 0.15) is 0 Å². The molecule has 0 saturated carbocycles. The molecule has 3 nitrogen and oxygen atoms in total. The molecule has 1 heterocycles. The second-order valence-electron chi connectivity index (χ2n) is 3.99. The molecule has 1 unspecified atom stereocenters. The SMILES string of the molecule is CSCCC(N)c1ccc2c(c1)ncn2C. The van der Waals surface area contributed by atoms with Crippen LogP contribution in [-0.4, -0.2) is 21.6 Å². The van der Waals surface area contributed by atoms with E-state index in [9.17, 15) is 0 Å². The number of aromatic nitrogens is 2. The molecule has 1 aromatic heterocycles. The van der Waals surface area contributed by atoms with Crippen molar-refractivity contribution in [2.24, 2.45) is 12.8 Å². The van der Waals surface area contributed by atoms with Crippen molar-refractivity contribution in [1.29, 1.82) is 0 Å². The van der Waals surface area contributed by atoms with Crippen molar-refractivity contribution in [2.45, 2.75) is 12.5 Å². The van der Waals surface area contributed by atoms with E-state index >= 15 is 0 Å². The molecule has 1 aromatic carbocycles. The molecule has 0 fully saturated rings. The quantitative estimate of drug-likeness (QED) is 0.884. The van der Waals surface area contributed by atoms with Crippen LogP contribution in [0.25, 0.3) is 11.0 Å². The highest BCUT2D eigenvalue weighted by Crippen LogP contribution is 2.20. The first-order valence-electron chi connectivity index (χ1n) is 5.38. The Morgan fingerprint density at radius 1 is 1.50 bits per heavy atom. The number of rotatable bonds is 4. The molecule has 0 aliphatic heterocycles. The molecule has 0 amide bonds. The topological polar surface area (TPSA) is 43.8 Å². The van der Waals surface area contributed by atoms with Crippen molar-refractivity contribution in [1.82, 2.24) is 9.55 Å². The molecular weight excluding hydrogens is 218 g/mol. The highest BCUT2D eigenvalue weighted by Gasteiger charge is 2.07. The number of hydrogen-bond acceptors (Lipinski definition) is 3. The van der Waals surface area contributed by atoms with Crippen LogP contribution in [0, 0.1) is 0 Å². The third kappa shape index (κ3) is 2.23. The van der Waals surface area contributed by atoms with E-state index in [1.807, 2.05) is 29.7 Å². The minimum absolute atomic E-state index is 0.124. The summed E-state index contributed by atoms with van der Waals surface area (Å²) in [5.74, 6) is 1.10. The Labute approximate surface area is 100 Å². The van der Waals surface area contributed by atoms with Crippen LogP contribution < -0.4 is 5.73 Å². The van der Waals surface area contributed by atoms with Gasteiger partial charge in [-0.2, -0.15) is 11.8 Å². The predicted molar refractivity (Wildman–Crippen MR) is 70.6 cm³/mol. The molecule has 2 aromatic rings. The molecule has 0 radical (unpaired) electrons. The van der Waals surface area contributed by atoms with E-state index in [1.54, 1.807) is 0 Å². The number of aryl methyl sites for hydroxylation is 1. The van der Waals surface area contributed by atoms with Crippen LogP contribution in [0.15, 0.2) is 24.5 Å². The molecule has 4 heteroatoms. The Morgan fingerprint density at radius 2 is 2.31 bits per heavy atom. The molecule has 2 N–H and O–H groups in total. The fraction of sp³-hybridized carbons (Fsp3) is 0.417. The van der Waals surface area contributed by atoms with Gasteiger partial charge in [0.25, 0.3) is 0 Å². The molecule has 0 saturated heterocycles. The zero-order chi connectivity index (χ0) is 11.5. The molecule has 0 aliphatic carbocycles. The maximum absolute atomic E-state index is 6.13. The van der Waals surface area contributed by atoms with Gasteiger partial charge in [-0.25, -0.2) is 4.98 Å². The van der Waals surface area contributed by atoms with Gasteiger partial charge in [-0.15, -0.1) is 0 Å². The number of imidazole rings is 1. The van der Waals surface area contributed by atoms with Crippen molar-refractivity contribution < 1.29 is 0 Å². The summed E-state index contributed by atoms with van der Waals surface area (Å²) in [7, 11) is 2.00.